The van der Waals surface area contributed by atoms with Crippen LogP contribution in [0, 0.1) is 11.7 Å². The maximum Gasteiger partial charge on any atom is 0.293 e. The number of rotatable bonds is 6. The van der Waals surface area contributed by atoms with Crippen molar-refractivity contribution in [3.8, 4) is 17.4 Å². The molecule has 0 unspecified atom stereocenters. The summed E-state index contributed by atoms with van der Waals surface area (Å²) < 4.78 is 29.8. The van der Waals surface area contributed by atoms with Crippen molar-refractivity contribution in [2.45, 2.75) is 19.4 Å². The first kappa shape index (κ1) is 16.8. The van der Waals surface area contributed by atoms with Gasteiger partial charge in [0, 0.05) is 12.5 Å². The molecule has 1 aliphatic heterocycles. The lowest BCUT2D eigenvalue weighted by Gasteiger charge is -2.31. The van der Waals surface area contributed by atoms with E-state index in [1.165, 1.54) is 6.07 Å². The molecule has 1 atom stereocenters. The van der Waals surface area contributed by atoms with Crippen LogP contribution in [0.3, 0.4) is 0 Å². The van der Waals surface area contributed by atoms with Crippen molar-refractivity contribution in [2.75, 3.05) is 19.7 Å². The fourth-order valence-corrected chi connectivity index (χ4v) is 3.22. The number of aromatic nitrogens is 2. The van der Waals surface area contributed by atoms with Gasteiger partial charge < -0.3 is 13.7 Å². The third-order valence-electron chi connectivity index (χ3n) is 4.48. The van der Waals surface area contributed by atoms with Crippen molar-refractivity contribution in [2.24, 2.45) is 5.92 Å². The number of likely N-dealkylation sites (tertiary alicyclic amines) is 1. The molecule has 1 aliphatic rings. The molecule has 0 spiro atoms. The molecule has 0 saturated carbocycles. The lowest BCUT2D eigenvalue weighted by atomic mass is 9.99. The van der Waals surface area contributed by atoms with Gasteiger partial charge in [0.2, 0.25) is 0 Å². The smallest absolute Gasteiger partial charge is 0.293 e. The number of furan rings is 1. The molecule has 4 rings (SSSR count). The van der Waals surface area contributed by atoms with Crippen molar-refractivity contribution in [3.63, 3.8) is 0 Å². The number of piperidine rings is 1. The molecule has 0 aliphatic carbocycles. The first-order valence-corrected chi connectivity index (χ1v) is 8.74. The first-order chi connectivity index (χ1) is 12.8. The average Bonchev–Trinajstić information content (AvgIpc) is 3.33. The van der Waals surface area contributed by atoms with Crippen LogP contribution in [0.25, 0.3) is 11.7 Å². The summed E-state index contributed by atoms with van der Waals surface area (Å²) in [5.74, 6) is 1.93. The fraction of sp³-hybridized carbons (Fsp3) is 0.368. The second-order valence-corrected chi connectivity index (χ2v) is 6.48. The lowest BCUT2D eigenvalue weighted by molar-refractivity contribution is 0.120. The SMILES string of the molecule is Fc1ccccc1OC[C@H]1CCCN(Cc2noc(-c3ccco3)n2)C1. The Morgan fingerprint density at radius 1 is 1.23 bits per heavy atom. The van der Waals surface area contributed by atoms with E-state index in [2.05, 4.69) is 15.0 Å². The number of hydrogen-bond donors (Lipinski definition) is 0. The molecule has 2 aromatic heterocycles. The molecular weight excluding hydrogens is 337 g/mol. The van der Waals surface area contributed by atoms with Crippen LogP contribution in [-0.2, 0) is 6.54 Å². The molecular formula is C19H20FN3O3. The van der Waals surface area contributed by atoms with Gasteiger partial charge in [-0.15, -0.1) is 0 Å². The standard InChI is InChI=1S/C19H20FN3O3/c20-15-6-1-2-7-16(15)25-13-14-5-3-9-23(11-14)12-18-21-19(26-22-18)17-8-4-10-24-17/h1-2,4,6-8,10,14H,3,5,9,11-13H2/t14-/m0/s1. The maximum absolute atomic E-state index is 13.7. The molecule has 3 aromatic rings. The summed E-state index contributed by atoms with van der Waals surface area (Å²) >= 11 is 0. The number of halogens is 1. The Hall–Kier alpha value is -2.67. The number of ether oxygens (including phenoxy) is 1. The highest BCUT2D eigenvalue weighted by atomic mass is 19.1. The van der Waals surface area contributed by atoms with Crippen LogP contribution in [-0.4, -0.2) is 34.7 Å². The monoisotopic (exact) mass is 357 g/mol. The summed E-state index contributed by atoms with van der Waals surface area (Å²) in [5, 5.41) is 4.03. The van der Waals surface area contributed by atoms with E-state index in [1.807, 2.05) is 0 Å². The van der Waals surface area contributed by atoms with E-state index < -0.39 is 0 Å². The molecule has 1 fully saturated rings. The summed E-state index contributed by atoms with van der Waals surface area (Å²) in [6.45, 7) is 2.95. The summed E-state index contributed by atoms with van der Waals surface area (Å²) in [7, 11) is 0. The number of benzene rings is 1. The second kappa shape index (κ2) is 7.70. The van der Waals surface area contributed by atoms with Crippen molar-refractivity contribution < 1.29 is 18.1 Å². The maximum atomic E-state index is 13.7. The molecule has 0 amide bonds. The second-order valence-electron chi connectivity index (χ2n) is 6.48. The largest absolute Gasteiger partial charge is 0.490 e. The molecule has 3 heterocycles. The van der Waals surface area contributed by atoms with E-state index in [-0.39, 0.29) is 5.82 Å². The van der Waals surface area contributed by atoms with Crippen molar-refractivity contribution in [1.82, 2.24) is 15.0 Å². The van der Waals surface area contributed by atoms with Gasteiger partial charge in [0.25, 0.3) is 5.89 Å². The Balaban J connectivity index is 1.32. The van der Waals surface area contributed by atoms with Gasteiger partial charge in [0.05, 0.1) is 19.4 Å². The van der Waals surface area contributed by atoms with Gasteiger partial charge in [-0.25, -0.2) is 4.39 Å². The topological polar surface area (TPSA) is 64.5 Å². The summed E-state index contributed by atoms with van der Waals surface area (Å²) in [6.07, 6.45) is 3.70. The molecule has 0 bridgehead atoms. The van der Waals surface area contributed by atoms with E-state index in [4.69, 9.17) is 13.7 Å². The molecule has 7 heteroatoms. The van der Waals surface area contributed by atoms with Gasteiger partial charge in [-0.3, -0.25) is 4.90 Å². The van der Waals surface area contributed by atoms with Crippen LogP contribution in [0.1, 0.15) is 18.7 Å². The summed E-state index contributed by atoms with van der Waals surface area (Å²) in [6, 6.07) is 10.1. The Morgan fingerprint density at radius 2 is 2.15 bits per heavy atom. The third-order valence-corrected chi connectivity index (χ3v) is 4.48. The van der Waals surface area contributed by atoms with Gasteiger partial charge >= 0.3 is 0 Å². The van der Waals surface area contributed by atoms with Crippen molar-refractivity contribution in [1.29, 1.82) is 0 Å². The Morgan fingerprint density at radius 3 is 3.00 bits per heavy atom. The van der Waals surface area contributed by atoms with Gasteiger partial charge in [0.15, 0.2) is 23.2 Å². The molecule has 0 radical (unpaired) electrons. The molecule has 0 N–H and O–H groups in total. The highest BCUT2D eigenvalue weighted by Crippen LogP contribution is 2.22. The van der Waals surface area contributed by atoms with Crippen LogP contribution in [0.2, 0.25) is 0 Å². The van der Waals surface area contributed by atoms with Crippen LogP contribution in [0.4, 0.5) is 4.39 Å². The summed E-state index contributed by atoms with van der Waals surface area (Å²) in [4.78, 5) is 6.66. The third kappa shape index (κ3) is 3.94. The van der Waals surface area contributed by atoms with Gasteiger partial charge in [-0.05, 0) is 43.7 Å². The van der Waals surface area contributed by atoms with Gasteiger partial charge in [-0.1, -0.05) is 17.3 Å². The Bertz CT molecular complexity index is 834. The highest BCUT2D eigenvalue weighted by molar-refractivity contribution is 5.42. The van der Waals surface area contributed by atoms with Crippen molar-refractivity contribution in [3.05, 3.63) is 54.3 Å². The minimum absolute atomic E-state index is 0.311. The fourth-order valence-electron chi connectivity index (χ4n) is 3.22. The molecule has 136 valence electrons. The van der Waals surface area contributed by atoms with Crippen LogP contribution in [0.15, 0.2) is 51.6 Å². The van der Waals surface area contributed by atoms with E-state index in [0.717, 1.165) is 25.9 Å². The lowest BCUT2D eigenvalue weighted by Crippen LogP contribution is -2.37. The zero-order chi connectivity index (χ0) is 17.8. The molecule has 26 heavy (non-hydrogen) atoms. The number of para-hydroxylation sites is 1. The summed E-state index contributed by atoms with van der Waals surface area (Å²) in [5.41, 5.74) is 0. The van der Waals surface area contributed by atoms with E-state index in [0.29, 0.717) is 42.3 Å². The van der Waals surface area contributed by atoms with Crippen LogP contribution in [0.5, 0.6) is 5.75 Å². The first-order valence-electron chi connectivity index (χ1n) is 8.74. The highest BCUT2D eigenvalue weighted by Gasteiger charge is 2.23. The predicted molar refractivity (Wildman–Crippen MR) is 91.9 cm³/mol. The minimum atomic E-state index is -0.322. The van der Waals surface area contributed by atoms with E-state index in [9.17, 15) is 4.39 Å². The van der Waals surface area contributed by atoms with E-state index in [1.54, 1.807) is 36.6 Å². The Labute approximate surface area is 150 Å². The van der Waals surface area contributed by atoms with Crippen molar-refractivity contribution >= 4 is 0 Å². The van der Waals surface area contributed by atoms with Crippen LogP contribution < -0.4 is 4.74 Å². The normalized spacial score (nSPS) is 18.1. The predicted octanol–water partition coefficient (Wildman–Crippen LogP) is 3.76. The Kier molecular flexibility index (Phi) is 4.97. The van der Waals surface area contributed by atoms with Gasteiger partial charge in [0.1, 0.15) is 0 Å². The number of nitrogens with zero attached hydrogens (tertiary/aromatic N) is 3. The van der Waals surface area contributed by atoms with Crippen LogP contribution >= 0.6 is 0 Å². The molecule has 6 nitrogen and oxygen atoms in total. The molecule has 1 aromatic carbocycles. The average molecular weight is 357 g/mol. The van der Waals surface area contributed by atoms with E-state index >= 15 is 0 Å². The zero-order valence-electron chi connectivity index (χ0n) is 14.3. The van der Waals surface area contributed by atoms with Gasteiger partial charge in [-0.2, -0.15) is 4.98 Å². The zero-order valence-corrected chi connectivity index (χ0v) is 14.3. The minimum Gasteiger partial charge on any atom is -0.490 e. The quantitative estimate of drug-likeness (QED) is 0.669. The number of hydrogen-bond acceptors (Lipinski definition) is 6. The molecule has 1 saturated heterocycles.